The number of hydrogen-bond donors (Lipinski definition) is 1. The third-order valence-electron chi connectivity index (χ3n) is 2.95. The van der Waals surface area contributed by atoms with Gasteiger partial charge in [-0.25, -0.2) is 17.8 Å². The number of hydrogen-bond acceptors (Lipinski definition) is 4. The molecule has 7 heteroatoms. The van der Waals surface area contributed by atoms with Crippen molar-refractivity contribution in [1.29, 1.82) is 0 Å². The van der Waals surface area contributed by atoms with E-state index >= 15 is 0 Å². The molecule has 0 aliphatic rings. The van der Waals surface area contributed by atoms with Crippen LogP contribution >= 0.6 is 0 Å². The van der Waals surface area contributed by atoms with E-state index < -0.39 is 10.0 Å². The first kappa shape index (κ1) is 15.4. The highest BCUT2D eigenvalue weighted by Crippen LogP contribution is 2.09. The minimum atomic E-state index is -3.56. The molecule has 0 aliphatic carbocycles. The van der Waals surface area contributed by atoms with Crippen molar-refractivity contribution in [3.8, 4) is 0 Å². The van der Waals surface area contributed by atoms with Crippen molar-refractivity contribution in [2.75, 3.05) is 6.54 Å². The van der Waals surface area contributed by atoms with Gasteiger partial charge in [0.15, 0.2) is 0 Å². The molecule has 1 N–H and O–H groups in total. The zero-order valence-corrected chi connectivity index (χ0v) is 12.7. The van der Waals surface area contributed by atoms with Crippen molar-refractivity contribution in [2.24, 2.45) is 0 Å². The highest BCUT2D eigenvalue weighted by atomic mass is 32.2. The molecule has 2 rings (SSSR count). The van der Waals surface area contributed by atoms with Gasteiger partial charge in [-0.2, -0.15) is 5.10 Å². The topological polar surface area (TPSA) is 81.1 Å². The van der Waals surface area contributed by atoms with Gasteiger partial charge in [0, 0.05) is 12.6 Å². The number of sulfonamides is 1. The fraction of sp³-hybridized carbons (Fsp3) is 0.286. The van der Waals surface area contributed by atoms with Gasteiger partial charge >= 0.3 is 0 Å². The Bertz CT molecular complexity index is 780. The molecular formula is C14H17N3O3S. The minimum absolute atomic E-state index is 0.104. The van der Waals surface area contributed by atoms with Crippen LogP contribution in [0.4, 0.5) is 0 Å². The van der Waals surface area contributed by atoms with Crippen LogP contribution in [0, 0.1) is 13.8 Å². The number of aryl methyl sites for hydroxylation is 2. The van der Waals surface area contributed by atoms with Crippen LogP contribution in [0.25, 0.3) is 0 Å². The van der Waals surface area contributed by atoms with Crippen LogP contribution in [0.5, 0.6) is 0 Å². The molecule has 0 unspecified atom stereocenters. The van der Waals surface area contributed by atoms with Crippen molar-refractivity contribution in [3.63, 3.8) is 0 Å². The molecule has 0 spiro atoms. The first-order valence-electron chi connectivity index (χ1n) is 6.49. The second-order valence-corrected chi connectivity index (χ2v) is 6.51. The van der Waals surface area contributed by atoms with Gasteiger partial charge in [-0.05, 0) is 32.0 Å². The molecule has 6 nitrogen and oxygen atoms in total. The lowest BCUT2D eigenvalue weighted by Gasteiger charge is -2.08. The summed E-state index contributed by atoms with van der Waals surface area (Å²) in [5.74, 6) is 0. The molecule has 1 aromatic heterocycles. The molecule has 2 aromatic rings. The SMILES string of the molecule is Cc1ccc(S(=O)(=O)NCCn2nc(C)ccc2=O)cc1. The normalized spacial score (nSPS) is 11.5. The quantitative estimate of drug-likeness (QED) is 0.887. The van der Waals surface area contributed by atoms with Crippen LogP contribution in [0.1, 0.15) is 11.3 Å². The zero-order chi connectivity index (χ0) is 15.5. The molecule has 0 saturated heterocycles. The third-order valence-corrected chi connectivity index (χ3v) is 4.42. The predicted octanol–water partition coefficient (Wildman–Crippen LogP) is 0.839. The highest BCUT2D eigenvalue weighted by molar-refractivity contribution is 7.89. The minimum Gasteiger partial charge on any atom is -0.268 e. The summed E-state index contributed by atoms with van der Waals surface area (Å²) >= 11 is 0. The number of benzene rings is 1. The van der Waals surface area contributed by atoms with E-state index in [9.17, 15) is 13.2 Å². The third kappa shape index (κ3) is 3.99. The second kappa shape index (κ2) is 6.19. The fourth-order valence-electron chi connectivity index (χ4n) is 1.80. The molecule has 0 amide bonds. The standard InChI is InChI=1S/C14H17N3O3S/c1-11-3-6-13(7-4-11)21(19,20)15-9-10-17-14(18)8-5-12(2)16-17/h3-8,15H,9-10H2,1-2H3. The van der Waals surface area contributed by atoms with E-state index in [1.165, 1.54) is 10.7 Å². The molecule has 0 atom stereocenters. The smallest absolute Gasteiger partial charge is 0.266 e. The van der Waals surface area contributed by atoms with Gasteiger partial charge in [0.1, 0.15) is 0 Å². The van der Waals surface area contributed by atoms with Gasteiger partial charge in [-0.1, -0.05) is 17.7 Å². The van der Waals surface area contributed by atoms with E-state index in [1.54, 1.807) is 37.3 Å². The van der Waals surface area contributed by atoms with Crippen LogP contribution < -0.4 is 10.3 Å². The fourth-order valence-corrected chi connectivity index (χ4v) is 2.82. The van der Waals surface area contributed by atoms with Crippen molar-refractivity contribution in [3.05, 3.63) is 58.0 Å². The largest absolute Gasteiger partial charge is 0.268 e. The lowest BCUT2D eigenvalue weighted by molar-refractivity contribution is 0.544. The first-order chi connectivity index (χ1) is 9.88. The first-order valence-corrected chi connectivity index (χ1v) is 7.98. The van der Waals surface area contributed by atoms with Gasteiger partial charge < -0.3 is 0 Å². The summed E-state index contributed by atoms with van der Waals surface area (Å²) in [5.41, 5.74) is 1.44. The van der Waals surface area contributed by atoms with E-state index in [4.69, 9.17) is 0 Å². The molecule has 0 fully saturated rings. The average molecular weight is 307 g/mol. The van der Waals surface area contributed by atoms with Crippen molar-refractivity contribution in [1.82, 2.24) is 14.5 Å². The van der Waals surface area contributed by atoms with Crippen LogP contribution in [-0.4, -0.2) is 24.7 Å². The van der Waals surface area contributed by atoms with E-state index in [2.05, 4.69) is 9.82 Å². The maximum absolute atomic E-state index is 12.1. The van der Waals surface area contributed by atoms with Crippen LogP contribution in [-0.2, 0) is 16.6 Å². The van der Waals surface area contributed by atoms with Gasteiger partial charge in [-0.3, -0.25) is 4.79 Å². The Morgan fingerprint density at radius 1 is 1.10 bits per heavy atom. The summed E-state index contributed by atoms with van der Waals surface area (Å²) in [6.45, 7) is 3.95. The second-order valence-electron chi connectivity index (χ2n) is 4.75. The summed E-state index contributed by atoms with van der Waals surface area (Å²) < 4.78 is 27.8. The zero-order valence-electron chi connectivity index (χ0n) is 11.9. The number of nitrogens with zero attached hydrogens (tertiary/aromatic N) is 2. The molecule has 21 heavy (non-hydrogen) atoms. The summed E-state index contributed by atoms with van der Waals surface area (Å²) in [4.78, 5) is 11.8. The Morgan fingerprint density at radius 2 is 1.76 bits per heavy atom. The lowest BCUT2D eigenvalue weighted by atomic mass is 10.2. The monoisotopic (exact) mass is 307 g/mol. The van der Waals surface area contributed by atoms with E-state index in [1.807, 2.05) is 6.92 Å². The van der Waals surface area contributed by atoms with Crippen LogP contribution in [0.3, 0.4) is 0 Å². The van der Waals surface area contributed by atoms with Crippen molar-refractivity contribution >= 4 is 10.0 Å². The Balaban J connectivity index is 2.04. The molecular weight excluding hydrogens is 290 g/mol. The van der Waals surface area contributed by atoms with E-state index in [0.29, 0.717) is 5.69 Å². The lowest BCUT2D eigenvalue weighted by Crippen LogP contribution is -2.32. The number of nitrogens with one attached hydrogen (secondary N) is 1. The van der Waals surface area contributed by atoms with E-state index in [-0.39, 0.29) is 23.5 Å². The summed E-state index contributed by atoms with van der Waals surface area (Å²) in [6.07, 6.45) is 0. The van der Waals surface area contributed by atoms with Gasteiger partial charge in [0.05, 0.1) is 17.1 Å². The molecule has 0 radical (unpaired) electrons. The van der Waals surface area contributed by atoms with Gasteiger partial charge in [0.25, 0.3) is 5.56 Å². The van der Waals surface area contributed by atoms with E-state index in [0.717, 1.165) is 5.56 Å². The Hall–Kier alpha value is -1.99. The molecule has 112 valence electrons. The number of rotatable bonds is 5. The summed E-state index contributed by atoms with van der Waals surface area (Å²) in [6, 6.07) is 9.61. The van der Waals surface area contributed by atoms with Crippen LogP contribution in [0.15, 0.2) is 46.1 Å². The van der Waals surface area contributed by atoms with Gasteiger partial charge in [-0.15, -0.1) is 0 Å². The highest BCUT2D eigenvalue weighted by Gasteiger charge is 2.12. The maximum Gasteiger partial charge on any atom is 0.266 e. The van der Waals surface area contributed by atoms with Crippen molar-refractivity contribution in [2.45, 2.75) is 25.3 Å². The Morgan fingerprint density at radius 3 is 2.43 bits per heavy atom. The molecule has 0 bridgehead atoms. The molecule has 0 saturated carbocycles. The molecule has 0 aliphatic heterocycles. The average Bonchev–Trinajstić information content (AvgIpc) is 2.43. The Labute approximate surface area is 123 Å². The van der Waals surface area contributed by atoms with Crippen LogP contribution in [0.2, 0.25) is 0 Å². The van der Waals surface area contributed by atoms with Gasteiger partial charge in [0.2, 0.25) is 10.0 Å². The Kier molecular flexibility index (Phi) is 4.54. The van der Waals surface area contributed by atoms with Crippen molar-refractivity contribution < 1.29 is 8.42 Å². The maximum atomic E-state index is 12.1. The molecule has 1 heterocycles. The number of aromatic nitrogens is 2. The summed E-state index contributed by atoms with van der Waals surface area (Å²) in [7, 11) is -3.56. The predicted molar refractivity (Wildman–Crippen MR) is 79.6 cm³/mol. The molecule has 1 aromatic carbocycles. The summed E-state index contributed by atoms with van der Waals surface area (Å²) in [5, 5.41) is 4.05.